The summed E-state index contributed by atoms with van der Waals surface area (Å²) < 4.78 is 11.8. The molecule has 20 heavy (non-hydrogen) atoms. The van der Waals surface area contributed by atoms with E-state index in [-0.39, 0.29) is 0 Å². The smallest absolute Gasteiger partial charge is 0.231 e. The molecule has 3 nitrogen and oxygen atoms in total. The summed E-state index contributed by atoms with van der Waals surface area (Å²) >= 11 is 3.53. The van der Waals surface area contributed by atoms with E-state index in [0.717, 1.165) is 35.0 Å². The minimum absolute atomic E-state index is 0.326. The quantitative estimate of drug-likeness (QED) is 0.786. The Bertz CT molecular complexity index is 458. The number of nitrogens with one attached hydrogen (secondary N) is 1. The molecule has 1 heterocycles. The normalized spacial score (nSPS) is 17.9. The lowest BCUT2D eigenvalue weighted by atomic mass is 10.0. The molecule has 1 fully saturated rings. The van der Waals surface area contributed by atoms with Crippen molar-refractivity contribution in [1.82, 2.24) is 5.32 Å². The lowest BCUT2D eigenvalue weighted by Crippen LogP contribution is -2.15. The highest BCUT2D eigenvalue weighted by atomic mass is 79.9. The first kappa shape index (κ1) is 14.2. The van der Waals surface area contributed by atoms with E-state index in [1.165, 1.54) is 44.1 Å². The minimum Gasteiger partial charge on any atom is -0.454 e. The van der Waals surface area contributed by atoms with Crippen molar-refractivity contribution in [1.29, 1.82) is 0 Å². The largest absolute Gasteiger partial charge is 0.454 e. The number of hydrogen-bond donors (Lipinski definition) is 1. The van der Waals surface area contributed by atoms with Crippen molar-refractivity contribution in [2.45, 2.75) is 45.1 Å². The molecule has 1 aromatic carbocycles. The summed E-state index contributed by atoms with van der Waals surface area (Å²) in [4.78, 5) is 0. The molecule has 1 saturated carbocycles. The second-order valence-electron chi connectivity index (χ2n) is 5.78. The van der Waals surface area contributed by atoms with Crippen molar-refractivity contribution >= 4 is 15.9 Å². The highest BCUT2D eigenvalue weighted by Crippen LogP contribution is 2.39. The lowest BCUT2D eigenvalue weighted by Gasteiger charge is -2.10. The van der Waals surface area contributed by atoms with Crippen LogP contribution in [0.15, 0.2) is 16.6 Å². The molecule has 0 radical (unpaired) electrons. The number of halogens is 1. The van der Waals surface area contributed by atoms with E-state index >= 15 is 0 Å². The van der Waals surface area contributed by atoms with Gasteiger partial charge in [-0.3, -0.25) is 0 Å². The Kier molecular flexibility index (Phi) is 4.84. The van der Waals surface area contributed by atoms with Gasteiger partial charge in [0.1, 0.15) is 0 Å². The predicted octanol–water partition coefficient (Wildman–Crippen LogP) is 4.24. The molecule has 2 aliphatic rings. The van der Waals surface area contributed by atoms with Gasteiger partial charge in [-0.25, -0.2) is 0 Å². The first-order valence-corrected chi connectivity index (χ1v) is 8.41. The van der Waals surface area contributed by atoms with Crippen molar-refractivity contribution in [2.75, 3.05) is 13.3 Å². The maximum absolute atomic E-state index is 5.43. The Labute approximate surface area is 129 Å². The fraction of sp³-hybridized carbons (Fsp3) is 0.625. The van der Waals surface area contributed by atoms with Gasteiger partial charge in [0.15, 0.2) is 11.5 Å². The van der Waals surface area contributed by atoms with Gasteiger partial charge in [-0.05, 0) is 58.9 Å². The first-order chi connectivity index (χ1) is 9.83. The Hall–Kier alpha value is -0.740. The van der Waals surface area contributed by atoms with E-state index in [4.69, 9.17) is 9.47 Å². The van der Waals surface area contributed by atoms with Gasteiger partial charge in [0.05, 0.1) is 4.47 Å². The zero-order chi connectivity index (χ0) is 13.8. The molecule has 0 unspecified atom stereocenters. The number of rotatable bonds is 6. The molecule has 1 N–H and O–H groups in total. The van der Waals surface area contributed by atoms with E-state index in [9.17, 15) is 0 Å². The topological polar surface area (TPSA) is 30.5 Å². The summed E-state index contributed by atoms with van der Waals surface area (Å²) in [6.07, 6.45) is 8.48. The molecule has 0 atom stereocenters. The predicted molar refractivity (Wildman–Crippen MR) is 83.2 cm³/mol. The first-order valence-electron chi connectivity index (χ1n) is 7.61. The van der Waals surface area contributed by atoms with Gasteiger partial charge in [0, 0.05) is 6.54 Å². The lowest BCUT2D eigenvalue weighted by molar-refractivity contribution is 0.173. The summed E-state index contributed by atoms with van der Waals surface area (Å²) in [7, 11) is 0. The fourth-order valence-corrected chi connectivity index (χ4v) is 3.77. The van der Waals surface area contributed by atoms with Crippen LogP contribution < -0.4 is 14.8 Å². The number of ether oxygens (including phenoxy) is 2. The molecule has 0 bridgehead atoms. The molecule has 0 spiro atoms. The van der Waals surface area contributed by atoms with E-state index in [2.05, 4.69) is 33.4 Å². The van der Waals surface area contributed by atoms with Gasteiger partial charge in [-0.15, -0.1) is 0 Å². The molecule has 3 rings (SSSR count). The van der Waals surface area contributed by atoms with Crippen LogP contribution in [0.2, 0.25) is 0 Å². The van der Waals surface area contributed by atoms with Gasteiger partial charge in [0.25, 0.3) is 0 Å². The minimum atomic E-state index is 0.326. The second-order valence-corrected chi connectivity index (χ2v) is 6.64. The van der Waals surface area contributed by atoms with E-state index in [1.807, 2.05) is 0 Å². The third-order valence-corrected chi connectivity index (χ3v) is 4.85. The Morgan fingerprint density at radius 2 is 2.05 bits per heavy atom. The Balaban J connectivity index is 1.41. The molecule has 1 aliphatic carbocycles. The molecular formula is C16H22BrNO2. The van der Waals surface area contributed by atoms with Gasteiger partial charge in [-0.2, -0.15) is 0 Å². The van der Waals surface area contributed by atoms with Gasteiger partial charge >= 0.3 is 0 Å². The summed E-state index contributed by atoms with van der Waals surface area (Å²) in [5.41, 5.74) is 1.24. The highest BCUT2D eigenvalue weighted by Gasteiger charge is 2.18. The molecule has 4 heteroatoms. The zero-order valence-electron chi connectivity index (χ0n) is 11.8. The maximum atomic E-state index is 5.43. The van der Waals surface area contributed by atoms with Crippen LogP contribution in [0, 0.1) is 5.92 Å². The number of benzene rings is 1. The average Bonchev–Trinajstić information content (AvgIpc) is 3.08. The van der Waals surface area contributed by atoms with E-state index in [1.54, 1.807) is 0 Å². The molecule has 0 saturated heterocycles. The van der Waals surface area contributed by atoms with Crippen LogP contribution in [0.4, 0.5) is 0 Å². The SMILES string of the molecule is Brc1cc(CNCCCC2CCCC2)cc2c1OCO2. The van der Waals surface area contributed by atoms with E-state index < -0.39 is 0 Å². The monoisotopic (exact) mass is 339 g/mol. The zero-order valence-corrected chi connectivity index (χ0v) is 13.4. The van der Waals surface area contributed by atoms with Gasteiger partial charge in [0.2, 0.25) is 6.79 Å². The van der Waals surface area contributed by atoms with Crippen molar-refractivity contribution in [3.05, 3.63) is 22.2 Å². The van der Waals surface area contributed by atoms with Crippen LogP contribution in [0.3, 0.4) is 0 Å². The molecule has 110 valence electrons. The van der Waals surface area contributed by atoms with Crippen LogP contribution in [-0.4, -0.2) is 13.3 Å². The fourth-order valence-electron chi connectivity index (χ4n) is 3.17. The third-order valence-electron chi connectivity index (χ3n) is 4.26. The average molecular weight is 340 g/mol. The van der Waals surface area contributed by atoms with Gasteiger partial charge < -0.3 is 14.8 Å². The molecule has 1 aromatic rings. The van der Waals surface area contributed by atoms with E-state index in [0.29, 0.717) is 6.79 Å². The molecular weight excluding hydrogens is 318 g/mol. The highest BCUT2D eigenvalue weighted by molar-refractivity contribution is 9.10. The third kappa shape index (κ3) is 3.47. The summed E-state index contributed by atoms with van der Waals surface area (Å²) in [5.74, 6) is 2.67. The van der Waals surface area contributed by atoms with Crippen molar-refractivity contribution in [2.24, 2.45) is 5.92 Å². The summed E-state index contributed by atoms with van der Waals surface area (Å²) in [6.45, 7) is 2.31. The van der Waals surface area contributed by atoms with Crippen LogP contribution in [0.25, 0.3) is 0 Å². The number of fused-ring (bicyclic) bond motifs is 1. The van der Waals surface area contributed by atoms with Crippen molar-refractivity contribution < 1.29 is 9.47 Å². The van der Waals surface area contributed by atoms with Crippen molar-refractivity contribution in [3.63, 3.8) is 0 Å². The second kappa shape index (κ2) is 6.81. The molecule has 1 aliphatic heterocycles. The van der Waals surface area contributed by atoms with Crippen LogP contribution in [0.5, 0.6) is 11.5 Å². The van der Waals surface area contributed by atoms with Crippen LogP contribution in [0.1, 0.15) is 44.1 Å². The molecule has 0 aromatic heterocycles. The van der Waals surface area contributed by atoms with Crippen molar-refractivity contribution in [3.8, 4) is 11.5 Å². The Morgan fingerprint density at radius 3 is 2.90 bits per heavy atom. The molecule has 0 amide bonds. The number of hydrogen-bond acceptors (Lipinski definition) is 3. The summed E-state index contributed by atoms with van der Waals surface area (Å²) in [5, 5.41) is 3.53. The van der Waals surface area contributed by atoms with Gasteiger partial charge in [-0.1, -0.05) is 25.7 Å². The van der Waals surface area contributed by atoms with Crippen LogP contribution in [-0.2, 0) is 6.54 Å². The Morgan fingerprint density at radius 1 is 1.20 bits per heavy atom. The standard InChI is InChI=1S/C16H22BrNO2/c17-14-8-13(9-15-16(14)20-11-19-15)10-18-7-3-6-12-4-1-2-5-12/h8-9,12,18H,1-7,10-11H2. The van der Waals surface area contributed by atoms with Crippen LogP contribution >= 0.6 is 15.9 Å². The maximum Gasteiger partial charge on any atom is 0.231 e. The summed E-state index contributed by atoms with van der Waals surface area (Å²) in [6, 6.07) is 4.18.